The number of carboxylic acid groups (broad SMARTS) is 1. The van der Waals surface area contributed by atoms with Crippen molar-refractivity contribution in [2.75, 3.05) is 0 Å². The number of hydrogen-bond acceptors (Lipinski definition) is 4. The molecular weight excluding hydrogens is 246 g/mol. The Balaban J connectivity index is 2.76. The number of nitrogens with zero attached hydrogens (tertiary/aromatic N) is 1. The number of carboxylic acids is 1. The molecule has 0 aromatic carbocycles. The van der Waals surface area contributed by atoms with Crippen LogP contribution in [0.3, 0.4) is 0 Å². The summed E-state index contributed by atoms with van der Waals surface area (Å²) in [6.45, 7) is 1.91. The molecule has 0 radical (unpaired) electrons. The number of rotatable bonds is 7. The third-order valence-corrected chi connectivity index (χ3v) is 3.66. The highest BCUT2D eigenvalue weighted by Gasteiger charge is 2.25. The fourth-order valence-corrected chi connectivity index (χ4v) is 2.41. The molecule has 0 bridgehead atoms. The quantitative estimate of drug-likeness (QED) is 0.654. The van der Waals surface area contributed by atoms with Gasteiger partial charge in [-0.25, -0.2) is 8.42 Å². The Labute approximate surface area is 99.3 Å². The second kappa shape index (κ2) is 5.78. The molecule has 1 unspecified atom stereocenters. The lowest BCUT2D eigenvalue weighted by atomic mass is 10.1. The summed E-state index contributed by atoms with van der Waals surface area (Å²) >= 11 is 0. The van der Waals surface area contributed by atoms with Gasteiger partial charge in [0.05, 0.1) is 6.20 Å². The Bertz CT molecular complexity index is 455. The zero-order valence-electron chi connectivity index (χ0n) is 9.38. The van der Waals surface area contributed by atoms with E-state index in [-0.39, 0.29) is 11.3 Å². The van der Waals surface area contributed by atoms with E-state index in [1.165, 1.54) is 6.20 Å². The fraction of sp³-hybridized carbons (Fsp3) is 0.556. The van der Waals surface area contributed by atoms with Crippen molar-refractivity contribution in [1.82, 2.24) is 14.9 Å². The summed E-state index contributed by atoms with van der Waals surface area (Å²) in [5.41, 5.74) is 0. The largest absolute Gasteiger partial charge is 0.480 e. The molecule has 0 amide bonds. The molecule has 0 aliphatic heterocycles. The second-order valence-corrected chi connectivity index (χ2v) is 5.30. The van der Waals surface area contributed by atoms with Gasteiger partial charge in [0.25, 0.3) is 0 Å². The number of sulfonamides is 1. The van der Waals surface area contributed by atoms with Crippen LogP contribution in [0.1, 0.15) is 26.2 Å². The zero-order chi connectivity index (χ0) is 12.9. The van der Waals surface area contributed by atoms with Gasteiger partial charge in [-0.15, -0.1) is 0 Å². The maximum atomic E-state index is 11.7. The minimum absolute atomic E-state index is 0.0692. The van der Waals surface area contributed by atoms with Crippen LogP contribution >= 0.6 is 0 Å². The molecule has 96 valence electrons. The number of aliphatic carboxylic acids is 1. The second-order valence-electron chi connectivity index (χ2n) is 3.59. The Morgan fingerprint density at radius 1 is 1.65 bits per heavy atom. The Kier molecular flexibility index (Phi) is 4.64. The predicted molar refractivity (Wildman–Crippen MR) is 59.9 cm³/mol. The summed E-state index contributed by atoms with van der Waals surface area (Å²) in [6, 6.07) is -1.10. The van der Waals surface area contributed by atoms with Crippen molar-refractivity contribution in [3.63, 3.8) is 0 Å². The van der Waals surface area contributed by atoms with Crippen LogP contribution in [0.25, 0.3) is 0 Å². The van der Waals surface area contributed by atoms with Gasteiger partial charge >= 0.3 is 5.97 Å². The summed E-state index contributed by atoms with van der Waals surface area (Å²) < 4.78 is 25.6. The first-order chi connectivity index (χ1) is 7.97. The maximum Gasteiger partial charge on any atom is 0.321 e. The first-order valence-electron chi connectivity index (χ1n) is 5.21. The van der Waals surface area contributed by atoms with Crippen LogP contribution < -0.4 is 4.72 Å². The Morgan fingerprint density at radius 2 is 2.35 bits per heavy atom. The number of nitrogens with one attached hydrogen (secondary N) is 2. The Hall–Kier alpha value is -1.41. The molecule has 0 aliphatic rings. The minimum Gasteiger partial charge on any atom is -0.480 e. The van der Waals surface area contributed by atoms with Crippen LogP contribution in [0.2, 0.25) is 0 Å². The molecule has 17 heavy (non-hydrogen) atoms. The average molecular weight is 261 g/mol. The van der Waals surface area contributed by atoms with E-state index in [4.69, 9.17) is 5.11 Å². The lowest BCUT2D eigenvalue weighted by Gasteiger charge is -2.13. The number of carbonyl (C=O) groups is 1. The number of H-pyrrole nitrogens is 1. The molecule has 1 rings (SSSR count). The molecule has 0 saturated heterocycles. The topological polar surface area (TPSA) is 112 Å². The predicted octanol–water partition coefficient (Wildman–Crippen LogP) is 0.331. The lowest BCUT2D eigenvalue weighted by Crippen LogP contribution is -2.40. The molecule has 3 N–H and O–H groups in total. The molecule has 7 nitrogen and oxygen atoms in total. The molecule has 0 saturated carbocycles. The first kappa shape index (κ1) is 13.7. The van der Waals surface area contributed by atoms with Gasteiger partial charge in [0.15, 0.2) is 0 Å². The van der Waals surface area contributed by atoms with Crippen LogP contribution in [0.15, 0.2) is 17.3 Å². The highest BCUT2D eigenvalue weighted by Crippen LogP contribution is 2.08. The van der Waals surface area contributed by atoms with E-state index in [2.05, 4.69) is 14.9 Å². The summed E-state index contributed by atoms with van der Waals surface area (Å²) in [6.07, 6.45) is 4.03. The van der Waals surface area contributed by atoms with E-state index < -0.39 is 22.0 Å². The maximum absolute atomic E-state index is 11.7. The van der Waals surface area contributed by atoms with Crippen molar-refractivity contribution < 1.29 is 18.3 Å². The van der Waals surface area contributed by atoms with Crippen LogP contribution in [0, 0.1) is 0 Å². The number of unbranched alkanes of at least 4 members (excludes halogenated alkanes) is 1. The van der Waals surface area contributed by atoms with Crippen LogP contribution in [-0.2, 0) is 14.8 Å². The molecule has 0 fully saturated rings. The normalized spacial score (nSPS) is 13.5. The Morgan fingerprint density at radius 3 is 2.82 bits per heavy atom. The zero-order valence-corrected chi connectivity index (χ0v) is 10.2. The number of aromatic nitrogens is 2. The van der Waals surface area contributed by atoms with Crippen molar-refractivity contribution in [3.8, 4) is 0 Å². The third kappa shape index (κ3) is 3.82. The van der Waals surface area contributed by atoms with Crippen LogP contribution in [-0.4, -0.2) is 35.7 Å². The molecule has 8 heteroatoms. The van der Waals surface area contributed by atoms with Gasteiger partial charge in [0.2, 0.25) is 10.0 Å². The van der Waals surface area contributed by atoms with Crippen molar-refractivity contribution in [2.24, 2.45) is 0 Å². The van der Waals surface area contributed by atoms with Gasteiger partial charge in [-0.3, -0.25) is 9.89 Å². The highest BCUT2D eigenvalue weighted by molar-refractivity contribution is 7.89. The van der Waals surface area contributed by atoms with Crippen LogP contribution in [0.4, 0.5) is 0 Å². The number of aromatic amines is 1. The molecule has 1 aromatic rings. The van der Waals surface area contributed by atoms with Crippen molar-refractivity contribution in [3.05, 3.63) is 12.4 Å². The van der Waals surface area contributed by atoms with Gasteiger partial charge in [-0.2, -0.15) is 9.82 Å². The lowest BCUT2D eigenvalue weighted by molar-refractivity contribution is -0.139. The van der Waals surface area contributed by atoms with Crippen molar-refractivity contribution >= 4 is 16.0 Å². The van der Waals surface area contributed by atoms with Crippen LogP contribution in [0.5, 0.6) is 0 Å². The van der Waals surface area contributed by atoms with E-state index in [0.29, 0.717) is 6.42 Å². The first-order valence-corrected chi connectivity index (χ1v) is 6.69. The average Bonchev–Trinajstić information content (AvgIpc) is 2.77. The molecule has 1 atom stereocenters. The SMILES string of the molecule is CCCCC(NS(=O)(=O)c1cn[nH]c1)C(=O)O. The van der Waals surface area contributed by atoms with Gasteiger partial charge in [0.1, 0.15) is 10.9 Å². The smallest absolute Gasteiger partial charge is 0.321 e. The van der Waals surface area contributed by atoms with Crippen molar-refractivity contribution in [2.45, 2.75) is 37.1 Å². The highest BCUT2D eigenvalue weighted by atomic mass is 32.2. The summed E-state index contributed by atoms with van der Waals surface area (Å²) in [4.78, 5) is 10.8. The van der Waals surface area contributed by atoms with Gasteiger partial charge < -0.3 is 5.11 Å². The van der Waals surface area contributed by atoms with Gasteiger partial charge in [-0.05, 0) is 6.42 Å². The monoisotopic (exact) mass is 261 g/mol. The van der Waals surface area contributed by atoms with E-state index in [0.717, 1.165) is 12.6 Å². The molecule has 0 aliphatic carbocycles. The molecule has 1 heterocycles. The van der Waals surface area contributed by atoms with Gasteiger partial charge in [-0.1, -0.05) is 19.8 Å². The molecular formula is C9H15N3O4S. The van der Waals surface area contributed by atoms with E-state index in [1.54, 1.807) is 0 Å². The molecule has 0 spiro atoms. The number of hydrogen-bond donors (Lipinski definition) is 3. The summed E-state index contributed by atoms with van der Waals surface area (Å²) in [5, 5.41) is 14.8. The standard InChI is InChI=1S/C9H15N3O4S/c1-2-3-4-8(9(13)14)12-17(15,16)7-5-10-11-6-7/h5-6,8,12H,2-4H2,1H3,(H,10,11)(H,13,14). The van der Waals surface area contributed by atoms with E-state index >= 15 is 0 Å². The minimum atomic E-state index is -3.82. The third-order valence-electron chi connectivity index (χ3n) is 2.23. The summed E-state index contributed by atoms with van der Waals surface area (Å²) in [7, 11) is -3.82. The fourth-order valence-electron chi connectivity index (χ4n) is 1.28. The summed E-state index contributed by atoms with van der Waals surface area (Å²) in [5.74, 6) is -1.18. The molecule has 1 aromatic heterocycles. The van der Waals surface area contributed by atoms with E-state index in [1.807, 2.05) is 6.92 Å². The van der Waals surface area contributed by atoms with Crippen molar-refractivity contribution in [1.29, 1.82) is 0 Å². The van der Waals surface area contributed by atoms with Gasteiger partial charge in [0, 0.05) is 6.20 Å². The van der Waals surface area contributed by atoms with E-state index in [9.17, 15) is 13.2 Å².